The molecule has 26 heavy (non-hydrogen) atoms. The van der Waals surface area contributed by atoms with E-state index >= 15 is 0 Å². The van der Waals surface area contributed by atoms with Gasteiger partial charge in [0.1, 0.15) is 6.04 Å². The zero-order valence-corrected chi connectivity index (χ0v) is 15.8. The van der Waals surface area contributed by atoms with Crippen molar-refractivity contribution in [1.82, 2.24) is 4.90 Å². The Balaban J connectivity index is 2.40. The van der Waals surface area contributed by atoms with Crippen molar-refractivity contribution in [2.45, 2.75) is 44.6 Å². The van der Waals surface area contributed by atoms with Gasteiger partial charge in [-0.3, -0.25) is 4.79 Å². The van der Waals surface area contributed by atoms with Gasteiger partial charge >= 0.3 is 5.97 Å². The number of methoxy groups -OCH3 is 3. The van der Waals surface area contributed by atoms with Crippen LogP contribution in [0.4, 0.5) is 0 Å². The zero-order chi connectivity index (χ0) is 19.3. The van der Waals surface area contributed by atoms with Gasteiger partial charge in [0.25, 0.3) is 0 Å². The average molecular weight is 365 g/mol. The number of benzene rings is 1. The molecule has 7 heteroatoms. The lowest BCUT2D eigenvalue weighted by Gasteiger charge is -2.35. The highest BCUT2D eigenvalue weighted by Gasteiger charge is 2.36. The fourth-order valence-electron chi connectivity index (χ4n) is 3.51. The molecule has 1 aliphatic rings. The van der Waals surface area contributed by atoms with Crippen LogP contribution in [0.25, 0.3) is 0 Å². The van der Waals surface area contributed by atoms with Gasteiger partial charge in [-0.15, -0.1) is 0 Å². The lowest BCUT2D eigenvalue weighted by molar-refractivity contribution is -0.152. The van der Waals surface area contributed by atoms with Crippen LogP contribution in [0.5, 0.6) is 17.2 Å². The van der Waals surface area contributed by atoms with Gasteiger partial charge in [-0.25, -0.2) is 4.79 Å². The van der Waals surface area contributed by atoms with E-state index in [9.17, 15) is 14.7 Å². The number of aliphatic carboxylic acids is 1. The van der Waals surface area contributed by atoms with Crippen molar-refractivity contribution >= 4 is 11.9 Å². The third-order valence-corrected chi connectivity index (χ3v) is 4.87. The van der Waals surface area contributed by atoms with Crippen LogP contribution in [-0.4, -0.2) is 55.8 Å². The Morgan fingerprint density at radius 2 is 1.77 bits per heavy atom. The van der Waals surface area contributed by atoms with Crippen molar-refractivity contribution in [1.29, 1.82) is 0 Å². The van der Waals surface area contributed by atoms with E-state index in [1.54, 1.807) is 12.1 Å². The minimum Gasteiger partial charge on any atom is -0.493 e. The normalized spacial score (nSPS) is 18.2. The fraction of sp³-hybridized carbons (Fsp3) is 0.579. The van der Waals surface area contributed by atoms with E-state index in [2.05, 4.69) is 0 Å². The second-order valence-corrected chi connectivity index (χ2v) is 6.30. The molecule has 2 rings (SSSR count). The number of likely N-dealkylation sites (tertiary alicyclic amines) is 1. The quantitative estimate of drug-likeness (QED) is 0.800. The molecule has 0 saturated carbocycles. The molecule has 1 N–H and O–H groups in total. The van der Waals surface area contributed by atoms with Crippen LogP contribution in [0.3, 0.4) is 0 Å². The lowest BCUT2D eigenvalue weighted by atomic mass is 9.91. The first-order valence-electron chi connectivity index (χ1n) is 8.81. The van der Waals surface area contributed by atoms with E-state index in [-0.39, 0.29) is 5.91 Å². The molecule has 2 atom stereocenters. The maximum Gasteiger partial charge on any atom is 0.326 e. The Bertz CT molecular complexity index is 634. The Hall–Kier alpha value is -2.44. The number of ether oxygens (including phenoxy) is 3. The molecule has 1 aromatic carbocycles. The number of carboxylic acid groups (broad SMARTS) is 1. The number of amides is 1. The zero-order valence-electron chi connectivity index (χ0n) is 15.8. The minimum absolute atomic E-state index is 0.172. The summed E-state index contributed by atoms with van der Waals surface area (Å²) >= 11 is 0. The van der Waals surface area contributed by atoms with Crippen molar-refractivity contribution in [3.05, 3.63) is 17.7 Å². The predicted octanol–water partition coefficient (Wildman–Crippen LogP) is 2.67. The summed E-state index contributed by atoms with van der Waals surface area (Å²) in [5.41, 5.74) is 0.724. The van der Waals surface area contributed by atoms with Gasteiger partial charge in [0.15, 0.2) is 11.5 Å². The van der Waals surface area contributed by atoms with Gasteiger partial charge in [-0.2, -0.15) is 0 Å². The summed E-state index contributed by atoms with van der Waals surface area (Å²) in [7, 11) is 4.57. The summed E-state index contributed by atoms with van der Waals surface area (Å²) < 4.78 is 16.1. The summed E-state index contributed by atoms with van der Waals surface area (Å²) in [4.78, 5) is 26.2. The molecular weight excluding hydrogens is 338 g/mol. The maximum absolute atomic E-state index is 13.1. The molecule has 7 nitrogen and oxygen atoms in total. The van der Waals surface area contributed by atoms with Crippen LogP contribution in [0.15, 0.2) is 12.1 Å². The first-order valence-corrected chi connectivity index (χ1v) is 8.81. The molecule has 0 spiro atoms. The number of carbonyl (C=O) groups is 2. The second-order valence-electron chi connectivity index (χ2n) is 6.30. The second kappa shape index (κ2) is 8.78. The first kappa shape index (κ1) is 19.9. The van der Waals surface area contributed by atoms with E-state index in [4.69, 9.17) is 14.2 Å². The van der Waals surface area contributed by atoms with Gasteiger partial charge in [-0.1, -0.05) is 6.92 Å². The van der Waals surface area contributed by atoms with Crippen LogP contribution in [-0.2, 0) is 9.59 Å². The molecular formula is C19H27NO6. The summed E-state index contributed by atoms with van der Waals surface area (Å²) in [5, 5.41) is 9.46. The summed E-state index contributed by atoms with van der Waals surface area (Å²) in [5.74, 6) is -0.180. The largest absolute Gasteiger partial charge is 0.493 e. The summed E-state index contributed by atoms with van der Waals surface area (Å²) in [6.07, 6.45) is 2.68. The molecule has 1 unspecified atom stereocenters. The number of nitrogens with zero attached hydrogens (tertiary/aromatic N) is 1. The van der Waals surface area contributed by atoms with Gasteiger partial charge in [0.2, 0.25) is 11.7 Å². The van der Waals surface area contributed by atoms with Gasteiger partial charge < -0.3 is 24.2 Å². The molecule has 0 bridgehead atoms. The molecule has 0 aromatic heterocycles. The molecule has 1 saturated heterocycles. The van der Waals surface area contributed by atoms with Crippen molar-refractivity contribution in [3.63, 3.8) is 0 Å². The standard InChI is InChI=1S/C19H27NO6/c1-5-13(18(21)20-9-7-6-8-14(20)19(22)23)12-10-15(24-2)17(26-4)16(11-12)25-3/h10-11,13-14H,5-9H2,1-4H3,(H,22,23)/t13?,14-/m1/s1. The fourth-order valence-corrected chi connectivity index (χ4v) is 3.51. The van der Waals surface area contributed by atoms with E-state index in [1.807, 2.05) is 6.92 Å². The molecule has 1 aromatic rings. The first-order chi connectivity index (χ1) is 12.5. The topological polar surface area (TPSA) is 85.3 Å². The maximum atomic E-state index is 13.1. The van der Waals surface area contributed by atoms with Crippen molar-refractivity contribution in [2.24, 2.45) is 0 Å². The molecule has 0 radical (unpaired) electrons. The lowest BCUT2D eigenvalue weighted by Crippen LogP contribution is -2.49. The SMILES string of the molecule is CCC(C(=O)N1CCCC[C@@H]1C(=O)O)c1cc(OC)c(OC)c(OC)c1. The van der Waals surface area contributed by atoms with E-state index in [0.717, 1.165) is 18.4 Å². The summed E-state index contributed by atoms with van der Waals surface area (Å²) in [6.45, 7) is 2.38. The molecule has 1 aliphatic heterocycles. The third-order valence-electron chi connectivity index (χ3n) is 4.87. The van der Waals surface area contributed by atoms with Gasteiger partial charge in [-0.05, 0) is 43.4 Å². The number of carbonyl (C=O) groups excluding carboxylic acids is 1. The van der Waals surface area contributed by atoms with E-state index < -0.39 is 17.9 Å². The number of hydrogen-bond acceptors (Lipinski definition) is 5. The Labute approximate surface area is 153 Å². The van der Waals surface area contributed by atoms with Crippen LogP contribution >= 0.6 is 0 Å². The minimum atomic E-state index is -0.946. The highest BCUT2D eigenvalue weighted by atomic mass is 16.5. The summed E-state index contributed by atoms with van der Waals surface area (Å²) in [6, 6.07) is 2.76. The van der Waals surface area contributed by atoms with Crippen LogP contribution in [0, 0.1) is 0 Å². The number of piperidine rings is 1. The number of hydrogen-bond donors (Lipinski definition) is 1. The number of carboxylic acids is 1. The van der Waals surface area contributed by atoms with Crippen molar-refractivity contribution in [3.8, 4) is 17.2 Å². The monoisotopic (exact) mass is 365 g/mol. The van der Waals surface area contributed by atoms with Crippen LogP contribution in [0.2, 0.25) is 0 Å². The van der Waals surface area contributed by atoms with E-state index in [0.29, 0.717) is 36.6 Å². The highest BCUT2D eigenvalue weighted by Crippen LogP contribution is 2.41. The van der Waals surface area contributed by atoms with Gasteiger partial charge in [0.05, 0.1) is 27.2 Å². The predicted molar refractivity (Wildman–Crippen MR) is 96.1 cm³/mol. The molecule has 0 aliphatic carbocycles. The van der Waals surface area contributed by atoms with Gasteiger partial charge in [0, 0.05) is 6.54 Å². The molecule has 1 fully saturated rings. The Kier molecular flexibility index (Phi) is 6.71. The van der Waals surface area contributed by atoms with Crippen LogP contribution in [0.1, 0.15) is 44.1 Å². The molecule has 1 amide bonds. The third kappa shape index (κ3) is 3.86. The Morgan fingerprint density at radius 3 is 2.23 bits per heavy atom. The van der Waals surface area contributed by atoms with E-state index in [1.165, 1.54) is 26.2 Å². The van der Waals surface area contributed by atoms with Crippen LogP contribution < -0.4 is 14.2 Å². The smallest absolute Gasteiger partial charge is 0.326 e. The molecule has 1 heterocycles. The van der Waals surface area contributed by atoms with Crippen molar-refractivity contribution < 1.29 is 28.9 Å². The number of rotatable bonds is 7. The molecule has 144 valence electrons. The van der Waals surface area contributed by atoms with Crippen molar-refractivity contribution in [2.75, 3.05) is 27.9 Å². The average Bonchev–Trinajstić information content (AvgIpc) is 2.67. The highest BCUT2D eigenvalue weighted by molar-refractivity contribution is 5.88. The Morgan fingerprint density at radius 1 is 1.15 bits per heavy atom.